The van der Waals surface area contributed by atoms with Gasteiger partial charge in [-0.1, -0.05) is 60.7 Å². The van der Waals surface area contributed by atoms with Gasteiger partial charge in [-0.15, -0.1) is 19.2 Å². The zero-order valence-corrected chi connectivity index (χ0v) is 24.0. The summed E-state index contributed by atoms with van der Waals surface area (Å²) >= 11 is 4.57. The van der Waals surface area contributed by atoms with Gasteiger partial charge in [0.2, 0.25) is 11.8 Å². The van der Waals surface area contributed by atoms with Crippen LogP contribution in [0.1, 0.15) is 16.7 Å². The van der Waals surface area contributed by atoms with Crippen LogP contribution in [0.3, 0.4) is 0 Å². The van der Waals surface area contributed by atoms with Crippen LogP contribution >= 0.6 is 12.6 Å². The number of phenolic OH excluding ortho intramolecular Hbond substituents is 1. The first-order chi connectivity index (χ1) is 20.3. The van der Waals surface area contributed by atoms with E-state index in [0.717, 1.165) is 16.7 Å². The molecule has 2 fully saturated rings. The number of fused-ring (bicyclic) bond motifs is 1. The Bertz CT molecular complexity index is 1470. The van der Waals surface area contributed by atoms with E-state index >= 15 is 0 Å². The first-order valence-corrected chi connectivity index (χ1v) is 14.1. The molecule has 3 aromatic carbocycles. The number of nitrogen functional groups attached to an aromatic ring is 1. The number of nitrogens with two attached hydrogens (primary N) is 1. The van der Waals surface area contributed by atoms with Crippen molar-refractivity contribution >= 4 is 36.2 Å². The third-order valence-electron chi connectivity index (χ3n) is 7.58. The van der Waals surface area contributed by atoms with Crippen LogP contribution in [-0.2, 0) is 29.1 Å². The lowest BCUT2D eigenvalue weighted by Gasteiger charge is -2.46. The maximum Gasteiger partial charge on any atom is 0.332 e. The third kappa shape index (κ3) is 6.07. The van der Waals surface area contributed by atoms with E-state index in [9.17, 15) is 19.5 Å². The number of aromatic hydroxyl groups is 1. The SMILES string of the molecule is C=CCN(C(=O)NCc1ccccc1)N1CC(=O)N2[C@@H](Cc3ccc(O)cc3)C(=O)N(Cc3cccc(N)c3S)C[C@@H]21. The minimum absolute atomic E-state index is 0.0689. The number of nitrogens with zero attached hydrogens (tertiary/aromatic N) is 4. The fourth-order valence-electron chi connectivity index (χ4n) is 5.48. The van der Waals surface area contributed by atoms with E-state index in [0.29, 0.717) is 17.1 Å². The molecular weight excluding hydrogens is 552 g/mol. The molecule has 0 radical (unpaired) electrons. The molecule has 0 spiro atoms. The smallest absolute Gasteiger partial charge is 0.332 e. The highest BCUT2D eigenvalue weighted by atomic mass is 32.1. The van der Waals surface area contributed by atoms with Gasteiger partial charge >= 0.3 is 6.03 Å². The minimum atomic E-state index is -0.812. The van der Waals surface area contributed by atoms with Gasteiger partial charge in [0.15, 0.2) is 0 Å². The van der Waals surface area contributed by atoms with Crippen molar-refractivity contribution in [1.29, 1.82) is 0 Å². The van der Waals surface area contributed by atoms with Crippen molar-refractivity contribution in [2.24, 2.45) is 0 Å². The third-order valence-corrected chi connectivity index (χ3v) is 8.12. The molecule has 218 valence electrons. The number of urea groups is 1. The molecule has 0 unspecified atom stereocenters. The average Bonchev–Trinajstić information content (AvgIpc) is 3.31. The van der Waals surface area contributed by atoms with Gasteiger partial charge in [0, 0.05) is 30.1 Å². The summed E-state index contributed by atoms with van der Waals surface area (Å²) in [5, 5.41) is 15.9. The normalized spacial score (nSPS) is 18.6. The molecule has 0 bridgehead atoms. The van der Waals surface area contributed by atoms with Gasteiger partial charge in [-0.2, -0.15) is 5.01 Å². The van der Waals surface area contributed by atoms with Gasteiger partial charge in [-0.25, -0.2) is 4.79 Å². The van der Waals surface area contributed by atoms with E-state index in [1.165, 1.54) is 5.01 Å². The van der Waals surface area contributed by atoms with E-state index in [2.05, 4.69) is 24.5 Å². The Morgan fingerprint density at radius 2 is 1.81 bits per heavy atom. The van der Waals surface area contributed by atoms with E-state index in [1.54, 1.807) is 51.2 Å². The number of anilines is 1. The molecule has 2 aliphatic heterocycles. The van der Waals surface area contributed by atoms with Crippen LogP contribution in [-0.4, -0.2) is 74.6 Å². The molecule has 2 saturated heterocycles. The Labute approximate surface area is 250 Å². The van der Waals surface area contributed by atoms with Crippen LogP contribution in [0.25, 0.3) is 0 Å². The molecule has 10 nitrogen and oxygen atoms in total. The second-order valence-corrected chi connectivity index (χ2v) is 10.8. The molecule has 5 rings (SSSR count). The number of amides is 4. The Morgan fingerprint density at radius 1 is 1.07 bits per heavy atom. The van der Waals surface area contributed by atoms with Gasteiger partial charge in [0.25, 0.3) is 0 Å². The molecule has 2 atom stereocenters. The number of carbonyl (C=O) groups excluding carboxylic acids is 3. The quantitative estimate of drug-likeness (QED) is 0.174. The zero-order valence-electron chi connectivity index (χ0n) is 23.1. The van der Waals surface area contributed by atoms with Crippen LogP contribution < -0.4 is 11.1 Å². The Morgan fingerprint density at radius 3 is 2.52 bits per heavy atom. The maximum absolute atomic E-state index is 14.0. The van der Waals surface area contributed by atoms with Crippen molar-refractivity contribution in [3.8, 4) is 5.75 Å². The van der Waals surface area contributed by atoms with Gasteiger partial charge in [0.05, 0.1) is 19.6 Å². The average molecular weight is 587 g/mol. The zero-order chi connectivity index (χ0) is 29.8. The second kappa shape index (κ2) is 12.6. The van der Waals surface area contributed by atoms with Crippen LogP contribution in [0.5, 0.6) is 5.75 Å². The Kier molecular flexibility index (Phi) is 8.69. The summed E-state index contributed by atoms with van der Waals surface area (Å²) in [6, 6.07) is 20.4. The van der Waals surface area contributed by atoms with Crippen molar-refractivity contribution in [3.63, 3.8) is 0 Å². The number of thiol groups is 1. The van der Waals surface area contributed by atoms with Crippen molar-refractivity contribution in [1.82, 2.24) is 25.1 Å². The molecule has 0 aromatic heterocycles. The molecule has 4 amide bonds. The van der Waals surface area contributed by atoms with Gasteiger partial charge in [0.1, 0.15) is 18.0 Å². The number of hydrogen-bond donors (Lipinski definition) is 4. The second-order valence-electron chi connectivity index (χ2n) is 10.4. The van der Waals surface area contributed by atoms with Crippen molar-refractivity contribution in [3.05, 3.63) is 102 Å². The number of piperazine rings is 1. The monoisotopic (exact) mass is 586 g/mol. The lowest BCUT2D eigenvalue weighted by molar-refractivity contribution is -0.157. The molecule has 2 heterocycles. The number of carbonyl (C=O) groups is 3. The predicted molar refractivity (Wildman–Crippen MR) is 162 cm³/mol. The first-order valence-electron chi connectivity index (χ1n) is 13.7. The van der Waals surface area contributed by atoms with Gasteiger partial charge < -0.3 is 26.0 Å². The van der Waals surface area contributed by atoms with Crippen LogP contribution in [0.2, 0.25) is 0 Å². The van der Waals surface area contributed by atoms with E-state index < -0.39 is 12.2 Å². The Hall–Kier alpha value is -4.48. The lowest BCUT2D eigenvalue weighted by Crippen LogP contribution is -2.66. The number of phenols is 1. The number of benzene rings is 3. The van der Waals surface area contributed by atoms with E-state index in [4.69, 9.17) is 5.73 Å². The Balaban J connectivity index is 1.45. The summed E-state index contributed by atoms with van der Waals surface area (Å²) < 4.78 is 0. The summed E-state index contributed by atoms with van der Waals surface area (Å²) in [6.45, 7) is 4.66. The molecule has 42 heavy (non-hydrogen) atoms. The molecule has 4 N–H and O–H groups in total. The van der Waals surface area contributed by atoms with E-state index in [-0.39, 0.29) is 56.2 Å². The molecular formula is C31H34N6O4S. The standard InChI is InChI=1S/C31H34N6O4S/c1-2-15-35(31(41)33-17-22-7-4-3-5-8-22)36-20-28(39)37-26(16-21-11-13-24(38)14-12-21)30(40)34(19-27(36)37)18-23-9-6-10-25(32)29(23)42/h2-14,26-27,38,42H,1,15-20,32H2,(H,33,41)/t26-,27+/m0/s1. The molecule has 11 heteroatoms. The summed E-state index contributed by atoms with van der Waals surface area (Å²) in [7, 11) is 0. The van der Waals surface area contributed by atoms with Crippen molar-refractivity contribution < 1.29 is 19.5 Å². The maximum atomic E-state index is 14.0. The largest absolute Gasteiger partial charge is 0.508 e. The minimum Gasteiger partial charge on any atom is -0.508 e. The highest BCUT2D eigenvalue weighted by Gasteiger charge is 2.52. The fraction of sp³-hybridized carbons (Fsp3) is 0.258. The summed E-state index contributed by atoms with van der Waals surface area (Å²) in [4.78, 5) is 44.9. The first kappa shape index (κ1) is 29.0. The van der Waals surface area contributed by atoms with Gasteiger partial charge in [-0.05, 0) is 34.9 Å². The number of rotatable bonds is 9. The molecule has 2 aliphatic rings. The molecule has 0 saturated carbocycles. The highest BCUT2D eigenvalue weighted by molar-refractivity contribution is 7.80. The topological polar surface area (TPSA) is 122 Å². The highest BCUT2D eigenvalue weighted by Crippen LogP contribution is 2.32. The van der Waals surface area contributed by atoms with Crippen LogP contribution in [0.4, 0.5) is 10.5 Å². The van der Waals surface area contributed by atoms with Crippen LogP contribution in [0.15, 0.2) is 90.3 Å². The number of hydrazine groups is 1. The summed E-state index contributed by atoms with van der Waals surface area (Å²) in [5.41, 5.74) is 9.10. The molecule has 3 aromatic rings. The number of nitrogens with one attached hydrogen (secondary N) is 1. The van der Waals surface area contributed by atoms with Crippen molar-refractivity contribution in [2.45, 2.75) is 36.6 Å². The number of hydrogen-bond acceptors (Lipinski definition) is 7. The predicted octanol–water partition coefficient (Wildman–Crippen LogP) is 3.00. The van der Waals surface area contributed by atoms with Gasteiger partial charge in [-0.3, -0.25) is 14.6 Å². The fourth-order valence-corrected chi connectivity index (χ4v) is 5.70. The summed E-state index contributed by atoms with van der Waals surface area (Å²) in [5.74, 6) is -0.352. The van der Waals surface area contributed by atoms with E-state index in [1.807, 2.05) is 42.5 Å². The lowest BCUT2D eigenvalue weighted by atomic mass is 9.99. The molecule has 0 aliphatic carbocycles. The van der Waals surface area contributed by atoms with Crippen molar-refractivity contribution in [2.75, 3.05) is 25.4 Å². The van der Waals surface area contributed by atoms with Crippen LogP contribution in [0, 0.1) is 0 Å². The summed E-state index contributed by atoms with van der Waals surface area (Å²) in [6.07, 6.45) is 1.26.